The number of alkyl halides is 3. The van der Waals surface area contributed by atoms with Crippen LogP contribution in [0.15, 0.2) is 36.7 Å². The summed E-state index contributed by atoms with van der Waals surface area (Å²) in [5, 5.41) is 11.3. The first-order chi connectivity index (χ1) is 17.1. The van der Waals surface area contributed by atoms with Crippen molar-refractivity contribution in [3.05, 3.63) is 53.1 Å². The van der Waals surface area contributed by atoms with Gasteiger partial charge in [-0.05, 0) is 42.7 Å². The molecule has 2 aliphatic rings. The van der Waals surface area contributed by atoms with E-state index in [1.165, 1.54) is 25.0 Å². The number of carboxylic acids is 1. The first kappa shape index (κ1) is 25.8. The molecule has 2 fully saturated rings. The topological polar surface area (TPSA) is 94.5 Å². The van der Waals surface area contributed by atoms with Gasteiger partial charge in [-0.15, -0.1) is 0 Å². The summed E-state index contributed by atoms with van der Waals surface area (Å²) in [5.41, 5.74) is 2.48. The summed E-state index contributed by atoms with van der Waals surface area (Å²) < 4.78 is 45.3. The van der Waals surface area contributed by atoms with E-state index in [4.69, 9.17) is 31.5 Å². The number of piperazine rings is 1. The van der Waals surface area contributed by atoms with Gasteiger partial charge in [0, 0.05) is 50.0 Å². The standard InChI is InChI=1S/C21H22ClFN6.C2HF3O2/c22-17-4-1-15(23)11-14(17)13-28-7-9-29(10-8-28)21-20(25-16-2-3-16)26-18-5-6-24-12-19(18)27-21;3-2(4,5)1(6)7/h1,4-6,11-12,16H,2-3,7-10,13H2,(H,25,26);(H,6,7). The van der Waals surface area contributed by atoms with Crippen LogP contribution in [0.2, 0.25) is 5.02 Å². The van der Waals surface area contributed by atoms with Crippen molar-refractivity contribution < 1.29 is 27.5 Å². The van der Waals surface area contributed by atoms with Gasteiger partial charge < -0.3 is 15.3 Å². The highest BCUT2D eigenvalue weighted by Crippen LogP contribution is 2.31. The molecular weight excluding hydrogens is 504 g/mol. The zero-order valence-corrected chi connectivity index (χ0v) is 19.7. The Labute approximate surface area is 208 Å². The van der Waals surface area contributed by atoms with Crippen LogP contribution in [0, 0.1) is 5.82 Å². The van der Waals surface area contributed by atoms with Crippen molar-refractivity contribution in [2.75, 3.05) is 36.4 Å². The Balaban J connectivity index is 0.000000384. The molecule has 2 aromatic heterocycles. The summed E-state index contributed by atoms with van der Waals surface area (Å²) in [5.74, 6) is -1.26. The normalized spacial score (nSPS) is 16.4. The molecule has 0 unspecified atom stereocenters. The van der Waals surface area contributed by atoms with E-state index in [1.54, 1.807) is 18.5 Å². The fourth-order valence-corrected chi connectivity index (χ4v) is 3.84. The molecule has 0 radical (unpaired) electrons. The molecule has 3 heterocycles. The molecule has 1 aromatic carbocycles. The fourth-order valence-electron chi connectivity index (χ4n) is 3.66. The lowest BCUT2D eigenvalue weighted by Gasteiger charge is -2.36. The zero-order chi connectivity index (χ0) is 25.9. The van der Waals surface area contributed by atoms with E-state index < -0.39 is 12.1 Å². The van der Waals surface area contributed by atoms with E-state index in [9.17, 15) is 17.6 Å². The number of anilines is 2. The number of rotatable bonds is 5. The van der Waals surface area contributed by atoms with Crippen LogP contribution < -0.4 is 10.2 Å². The minimum absolute atomic E-state index is 0.251. The third kappa shape index (κ3) is 6.70. The summed E-state index contributed by atoms with van der Waals surface area (Å²) in [7, 11) is 0. The maximum atomic E-state index is 13.6. The smallest absolute Gasteiger partial charge is 0.475 e. The number of hydrogen-bond donors (Lipinski definition) is 2. The van der Waals surface area contributed by atoms with E-state index in [1.807, 2.05) is 6.07 Å². The van der Waals surface area contributed by atoms with Gasteiger partial charge in [-0.3, -0.25) is 9.88 Å². The average molecular weight is 527 g/mol. The molecule has 1 aliphatic heterocycles. The summed E-state index contributed by atoms with van der Waals surface area (Å²) in [6.45, 7) is 4.00. The van der Waals surface area contributed by atoms with Gasteiger partial charge in [0.15, 0.2) is 11.6 Å². The molecule has 3 aromatic rings. The van der Waals surface area contributed by atoms with Gasteiger partial charge in [0.2, 0.25) is 0 Å². The number of hydrogen-bond acceptors (Lipinski definition) is 7. The lowest BCUT2D eigenvalue weighted by atomic mass is 10.2. The highest BCUT2D eigenvalue weighted by Gasteiger charge is 2.38. The summed E-state index contributed by atoms with van der Waals surface area (Å²) in [6, 6.07) is 6.93. The number of nitrogens with zero attached hydrogens (tertiary/aromatic N) is 5. The summed E-state index contributed by atoms with van der Waals surface area (Å²) in [4.78, 5) is 27.3. The lowest BCUT2D eigenvalue weighted by Crippen LogP contribution is -2.46. The number of fused-ring (bicyclic) bond motifs is 1. The van der Waals surface area contributed by atoms with Crippen LogP contribution in [0.3, 0.4) is 0 Å². The van der Waals surface area contributed by atoms with E-state index >= 15 is 0 Å². The van der Waals surface area contributed by atoms with Gasteiger partial charge in [-0.2, -0.15) is 13.2 Å². The van der Waals surface area contributed by atoms with Gasteiger partial charge in [-0.25, -0.2) is 19.2 Å². The predicted octanol–water partition coefficient (Wildman–Crippen LogP) is 4.35. The second kappa shape index (κ2) is 10.8. The minimum atomic E-state index is -5.08. The van der Waals surface area contributed by atoms with Gasteiger partial charge in [0.05, 0.1) is 11.7 Å². The van der Waals surface area contributed by atoms with Crippen LogP contribution in [0.5, 0.6) is 0 Å². The fraction of sp³-hybridized carbons (Fsp3) is 0.391. The molecular formula is C23H23ClF4N6O2. The summed E-state index contributed by atoms with van der Waals surface area (Å²) in [6.07, 6.45) is 0.776. The molecule has 8 nitrogen and oxygen atoms in total. The molecule has 5 rings (SSSR count). The number of halogens is 5. The first-order valence-electron chi connectivity index (χ1n) is 11.2. The molecule has 1 aliphatic carbocycles. The van der Waals surface area contributed by atoms with Crippen LogP contribution in [0.1, 0.15) is 18.4 Å². The maximum Gasteiger partial charge on any atom is 0.490 e. The van der Waals surface area contributed by atoms with Crippen molar-refractivity contribution in [1.82, 2.24) is 19.9 Å². The Morgan fingerprint density at radius 2 is 1.81 bits per heavy atom. The molecule has 2 N–H and O–H groups in total. The number of nitrogens with one attached hydrogen (secondary N) is 1. The molecule has 13 heteroatoms. The number of pyridine rings is 1. The molecule has 0 spiro atoms. The van der Waals surface area contributed by atoms with Gasteiger partial charge in [0.25, 0.3) is 0 Å². The Bertz CT molecular complexity index is 1230. The quantitative estimate of drug-likeness (QED) is 0.474. The Morgan fingerprint density at radius 3 is 2.44 bits per heavy atom. The maximum absolute atomic E-state index is 13.6. The minimum Gasteiger partial charge on any atom is -0.475 e. The number of aliphatic carboxylic acids is 1. The lowest BCUT2D eigenvalue weighted by molar-refractivity contribution is -0.192. The number of carboxylic acid groups (broad SMARTS) is 1. The number of aromatic nitrogens is 3. The highest BCUT2D eigenvalue weighted by molar-refractivity contribution is 6.31. The van der Waals surface area contributed by atoms with Gasteiger partial charge in [0.1, 0.15) is 11.3 Å². The SMILES string of the molecule is Fc1ccc(Cl)c(CN2CCN(c3nc4cnccc4nc3NC3CC3)CC2)c1.O=C(O)C(F)(F)F. The van der Waals surface area contributed by atoms with Crippen LogP contribution in [0.4, 0.5) is 29.2 Å². The van der Waals surface area contributed by atoms with E-state index in [2.05, 4.69) is 20.1 Å². The van der Waals surface area contributed by atoms with E-state index in [0.717, 1.165) is 54.4 Å². The van der Waals surface area contributed by atoms with Gasteiger partial charge >= 0.3 is 12.1 Å². The molecule has 0 amide bonds. The first-order valence-corrected chi connectivity index (χ1v) is 11.6. The molecule has 192 valence electrons. The second-order valence-corrected chi connectivity index (χ2v) is 8.89. The van der Waals surface area contributed by atoms with Gasteiger partial charge in [-0.1, -0.05) is 11.6 Å². The van der Waals surface area contributed by atoms with E-state index in [0.29, 0.717) is 17.6 Å². The van der Waals surface area contributed by atoms with Crippen LogP contribution >= 0.6 is 11.6 Å². The van der Waals surface area contributed by atoms with Crippen LogP contribution in [-0.4, -0.2) is 69.3 Å². The molecule has 1 saturated carbocycles. The Kier molecular flexibility index (Phi) is 7.74. The Morgan fingerprint density at radius 1 is 1.11 bits per heavy atom. The monoisotopic (exact) mass is 526 g/mol. The zero-order valence-electron chi connectivity index (χ0n) is 19.0. The third-order valence-corrected chi connectivity index (χ3v) is 6.05. The number of benzene rings is 1. The average Bonchev–Trinajstić information content (AvgIpc) is 3.65. The number of carbonyl (C=O) groups is 1. The van der Waals surface area contributed by atoms with Crippen LogP contribution in [-0.2, 0) is 11.3 Å². The van der Waals surface area contributed by atoms with Crippen molar-refractivity contribution in [1.29, 1.82) is 0 Å². The highest BCUT2D eigenvalue weighted by atomic mass is 35.5. The van der Waals surface area contributed by atoms with E-state index in [-0.39, 0.29) is 5.82 Å². The van der Waals surface area contributed by atoms with Crippen molar-refractivity contribution >= 4 is 40.2 Å². The predicted molar refractivity (Wildman–Crippen MR) is 127 cm³/mol. The molecule has 0 atom stereocenters. The van der Waals surface area contributed by atoms with Crippen molar-refractivity contribution in [2.24, 2.45) is 0 Å². The van der Waals surface area contributed by atoms with Crippen molar-refractivity contribution in [3.63, 3.8) is 0 Å². The molecule has 0 bridgehead atoms. The third-order valence-electron chi connectivity index (χ3n) is 5.68. The molecule has 1 saturated heterocycles. The second-order valence-electron chi connectivity index (χ2n) is 8.48. The summed E-state index contributed by atoms with van der Waals surface area (Å²) >= 11 is 6.23. The molecule has 36 heavy (non-hydrogen) atoms. The van der Waals surface area contributed by atoms with Crippen molar-refractivity contribution in [3.8, 4) is 0 Å². The van der Waals surface area contributed by atoms with Crippen molar-refractivity contribution in [2.45, 2.75) is 31.6 Å². The van der Waals surface area contributed by atoms with Crippen LogP contribution in [0.25, 0.3) is 11.0 Å². The largest absolute Gasteiger partial charge is 0.490 e. The Hall–Kier alpha value is -3.25.